The van der Waals surface area contributed by atoms with Crippen molar-refractivity contribution < 1.29 is 22.7 Å². The summed E-state index contributed by atoms with van der Waals surface area (Å²) in [5.74, 6) is 0.322. The maximum Gasteiger partial charge on any atom is 0.265 e. The summed E-state index contributed by atoms with van der Waals surface area (Å²) in [7, 11) is -3.98. The molecule has 2 heterocycles. The van der Waals surface area contributed by atoms with Gasteiger partial charge in [-0.1, -0.05) is 35.9 Å². The molecule has 0 amide bonds. The lowest BCUT2D eigenvalue weighted by atomic mass is 10.1. The van der Waals surface area contributed by atoms with Crippen molar-refractivity contribution in [3.05, 3.63) is 82.7 Å². The summed E-state index contributed by atoms with van der Waals surface area (Å²) in [6.45, 7) is -0.679. The highest BCUT2D eigenvalue weighted by Gasteiger charge is 2.39. The number of hydrogen-bond donors (Lipinski definition) is 1. The number of benzene rings is 2. The van der Waals surface area contributed by atoms with Crippen molar-refractivity contribution in [3.8, 4) is 11.3 Å². The summed E-state index contributed by atoms with van der Waals surface area (Å²) in [5.41, 5.74) is 0.683. The third-order valence-electron chi connectivity index (χ3n) is 4.55. The van der Waals surface area contributed by atoms with E-state index in [9.17, 15) is 18.3 Å². The van der Waals surface area contributed by atoms with E-state index in [1.54, 1.807) is 42.5 Å². The number of carbonyl (C=O) groups is 1. The number of β-amino-alcohol motifs (C(OH)–C–C–N with tert-alkyl or cyclic N) is 1. The Morgan fingerprint density at radius 3 is 2.41 bits per heavy atom. The first kappa shape index (κ1) is 19.4. The van der Waals surface area contributed by atoms with Gasteiger partial charge in [-0.25, -0.2) is 8.42 Å². The molecular formula is C21H16ClNO5S. The molecule has 1 aliphatic rings. The molecule has 1 aromatic heterocycles. The first-order valence-electron chi connectivity index (χ1n) is 8.77. The van der Waals surface area contributed by atoms with Gasteiger partial charge in [0.15, 0.2) is 0 Å². The highest BCUT2D eigenvalue weighted by atomic mass is 35.5. The maximum absolute atomic E-state index is 13.0. The van der Waals surface area contributed by atoms with E-state index in [0.717, 1.165) is 4.31 Å². The van der Waals surface area contributed by atoms with Crippen LogP contribution >= 0.6 is 11.6 Å². The Morgan fingerprint density at radius 2 is 1.69 bits per heavy atom. The number of aliphatic hydroxyl groups is 1. The van der Waals surface area contributed by atoms with Crippen LogP contribution in [0.15, 0.2) is 75.7 Å². The summed E-state index contributed by atoms with van der Waals surface area (Å²) < 4.78 is 32.7. The third-order valence-corrected chi connectivity index (χ3v) is 6.75. The lowest BCUT2D eigenvalue weighted by Crippen LogP contribution is -2.40. The molecule has 0 saturated carbocycles. The molecule has 0 saturated heterocycles. The molecule has 8 heteroatoms. The second-order valence-corrected chi connectivity index (χ2v) is 8.58. The molecule has 29 heavy (non-hydrogen) atoms. The van der Waals surface area contributed by atoms with E-state index in [0.29, 0.717) is 22.1 Å². The van der Waals surface area contributed by atoms with Crippen LogP contribution < -0.4 is 0 Å². The average molecular weight is 430 g/mol. The van der Waals surface area contributed by atoms with Crippen LogP contribution in [0.2, 0.25) is 5.02 Å². The number of halogens is 1. The lowest BCUT2D eigenvalue weighted by molar-refractivity contribution is 0.0998. The average Bonchev–Trinajstić information content (AvgIpc) is 3.18. The number of aliphatic hydroxyl groups excluding tert-OH is 1. The predicted molar refractivity (Wildman–Crippen MR) is 109 cm³/mol. The van der Waals surface area contributed by atoms with Crippen molar-refractivity contribution in [2.75, 3.05) is 13.2 Å². The normalized spacial score (nSPS) is 16.8. The zero-order valence-corrected chi connectivity index (χ0v) is 16.7. The zero-order chi connectivity index (χ0) is 20.6. The Labute approximate surface area is 172 Å². The molecule has 1 aliphatic heterocycles. The van der Waals surface area contributed by atoms with Crippen LogP contribution in [0.3, 0.4) is 0 Å². The quantitative estimate of drug-likeness (QED) is 0.637. The van der Waals surface area contributed by atoms with Gasteiger partial charge in [0.1, 0.15) is 17.2 Å². The molecule has 148 valence electrons. The second-order valence-electron chi connectivity index (χ2n) is 6.34. The minimum Gasteiger partial charge on any atom is -0.457 e. The molecule has 2 aromatic carbocycles. The SMILES string of the molecule is O=C1C(=Cc2ccc(-c3ccccc3Cl)o2)N(CCO)S(=O)(=O)c2ccccc21. The Hall–Kier alpha value is -2.87. The van der Waals surface area contributed by atoms with Crippen LogP contribution in [0.4, 0.5) is 0 Å². The highest BCUT2D eigenvalue weighted by molar-refractivity contribution is 7.89. The van der Waals surface area contributed by atoms with Crippen molar-refractivity contribution in [2.45, 2.75) is 4.90 Å². The van der Waals surface area contributed by atoms with Gasteiger partial charge in [-0.05, 0) is 36.4 Å². The van der Waals surface area contributed by atoms with E-state index in [2.05, 4.69) is 0 Å². The Bertz CT molecular complexity index is 1230. The zero-order valence-electron chi connectivity index (χ0n) is 15.1. The molecule has 0 radical (unpaired) electrons. The number of Topliss-reactive ketones (excluding diaryl/α,β-unsaturated/α-hetero) is 1. The Balaban J connectivity index is 1.82. The van der Waals surface area contributed by atoms with Crippen molar-refractivity contribution >= 4 is 33.5 Å². The van der Waals surface area contributed by atoms with Crippen LogP contribution in [-0.2, 0) is 10.0 Å². The number of hydrogen-bond acceptors (Lipinski definition) is 5. The van der Waals surface area contributed by atoms with E-state index in [1.807, 2.05) is 6.07 Å². The van der Waals surface area contributed by atoms with E-state index in [4.69, 9.17) is 16.0 Å². The van der Waals surface area contributed by atoms with E-state index < -0.39 is 22.4 Å². The molecule has 0 fully saturated rings. The van der Waals surface area contributed by atoms with Gasteiger partial charge in [-0.15, -0.1) is 0 Å². The molecule has 0 unspecified atom stereocenters. The van der Waals surface area contributed by atoms with Crippen molar-refractivity contribution in [3.63, 3.8) is 0 Å². The maximum atomic E-state index is 13.0. The van der Waals surface area contributed by atoms with Gasteiger partial charge in [0.25, 0.3) is 10.0 Å². The second kappa shape index (κ2) is 7.51. The number of furan rings is 1. The summed E-state index contributed by atoms with van der Waals surface area (Å²) >= 11 is 6.20. The van der Waals surface area contributed by atoms with Gasteiger partial charge >= 0.3 is 0 Å². The molecule has 0 bridgehead atoms. The number of nitrogens with zero attached hydrogens (tertiary/aromatic N) is 1. The van der Waals surface area contributed by atoms with Crippen LogP contribution in [0.25, 0.3) is 17.4 Å². The van der Waals surface area contributed by atoms with Crippen molar-refractivity contribution in [1.29, 1.82) is 0 Å². The van der Waals surface area contributed by atoms with E-state index in [-0.39, 0.29) is 22.7 Å². The molecule has 4 rings (SSSR count). The molecule has 3 aromatic rings. The summed E-state index contributed by atoms with van der Waals surface area (Å²) in [5, 5.41) is 9.88. The van der Waals surface area contributed by atoms with Crippen LogP contribution in [0.5, 0.6) is 0 Å². The molecule has 0 spiro atoms. The lowest BCUT2D eigenvalue weighted by Gasteiger charge is -2.30. The van der Waals surface area contributed by atoms with Crippen LogP contribution in [0, 0.1) is 0 Å². The minimum absolute atomic E-state index is 0.0770. The summed E-state index contributed by atoms with van der Waals surface area (Å²) in [6, 6.07) is 16.5. The fraction of sp³-hybridized carbons (Fsp3) is 0.0952. The fourth-order valence-corrected chi connectivity index (χ4v) is 5.09. The van der Waals surface area contributed by atoms with Crippen LogP contribution in [-0.4, -0.2) is 36.8 Å². The summed E-state index contributed by atoms with van der Waals surface area (Å²) in [4.78, 5) is 12.9. The number of sulfonamides is 1. The number of carbonyl (C=O) groups excluding carboxylic acids is 1. The number of ketones is 1. The smallest absolute Gasteiger partial charge is 0.265 e. The first-order valence-corrected chi connectivity index (χ1v) is 10.6. The van der Waals surface area contributed by atoms with Gasteiger partial charge in [0.2, 0.25) is 5.78 Å². The van der Waals surface area contributed by atoms with Gasteiger partial charge < -0.3 is 9.52 Å². The van der Waals surface area contributed by atoms with Crippen LogP contribution in [0.1, 0.15) is 16.1 Å². The molecular weight excluding hydrogens is 414 g/mol. The minimum atomic E-state index is -3.98. The largest absolute Gasteiger partial charge is 0.457 e. The van der Waals surface area contributed by atoms with Gasteiger partial charge in [-0.3, -0.25) is 9.10 Å². The third kappa shape index (κ3) is 3.37. The van der Waals surface area contributed by atoms with Gasteiger partial charge in [0, 0.05) is 17.2 Å². The van der Waals surface area contributed by atoms with Crippen molar-refractivity contribution in [1.82, 2.24) is 4.31 Å². The highest BCUT2D eigenvalue weighted by Crippen LogP contribution is 2.34. The fourth-order valence-electron chi connectivity index (χ4n) is 3.22. The molecule has 0 aliphatic carbocycles. The molecule has 0 atom stereocenters. The number of fused-ring (bicyclic) bond motifs is 1. The summed E-state index contributed by atoms with van der Waals surface area (Å²) in [6.07, 6.45) is 1.37. The standard InChI is InChI=1S/C21H16ClNO5S/c22-17-7-3-1-5-15(17)19-10-9-14(28-19)13-18-21(25)16-6-2-4-8-20(16)29(26,27)23(18)11-12-24/h1-10,13,24H,11-12H2. The first-order chi connectivity index (χ1) is 13.9. The van der Waals surface area contributed by atoms with Crippen molar-refractivity contribution in [2.24, 2.45) is 0 Å². The number of allylic oxidation sites excluding steroid dienone is 1. The van der Waals surface area contributed by atoms with Gasteiger partial charge in [0.05, 0.1) is 23.1 Å². The predicted octanol–water partition coefficient (Wildman–Crippen LogP) is 3.82. The molecule has 1 N–H and O–H groups in total. The number of rotatable bonds is 4. The van der Waals surface area contributed by atoms with E-state index in [1.165, 1.54) is 18.2 Å². The Morgan fingerprint density at radius 1 is 1.00 bits per heavy atom. The topological polar surface area (TPSA) is 87.8 Å². The Kier molecular flexibility index (Phi) is 5.04. The monoisotopic (exact) mass is 429 g/mol. The van der Waals surface area contributed by atoms with Gasteiger partial charge in [-0.2, -0.15) is 0 Å². The van der Waals surface area contributed by atoms with E-state index >= 15 is 0 Å². The molecule has 6 nitrogen and oxygen atoms in total.